The monoisotopic (exact) mass is 215 g/mol. The van der Waals surface area contributed by atoms with Crippen LogP contribution in [0, 0.1) is 0 Å². The zero-order chi connectivity index (χ0) is 11.3. The number of benzene rings is 1. The average molecular weight is 215 g/mol. The van der Waals surface area contributed by atoms with Crippen molar-refractivity contribution in [2.24, 2.45) is 0 Å². The standard InChI is InChI=1S/C11H15F2NO/c1-3-8(2)14-9-6-4-5-7-10(9)15-11(12)13/h4-8,11,14H,3H2,1-2H3. The zero-order valence-electron chi connectivity index (χ0n) is 8.84. The minimum absolute atomic E-state index is 0.188. The Morgan fingerprint density at radius 1 is 1.33 bits per heavy atom. The molecule has 0 amide bonds. The molecular weight excluding hydrogens is 200 g/mol. The van der Waals surface area contributed by atoms with Gasteiger partial charge in [-0.15, -0.1) is 0 Å². The molecule has 4 heteroatoms. The second-order valence-corrected chi connectivity index (χ2v) is 3.33. The summed E-state index contributed by atoms with van der Waals surface area (Å²) in [5.74, 6) is 0.188. The lowest BCUT2D eigenvalue weighted by Gasteiger charge is -2.16. The number of anilines is 1. The fourth-order valence-corrected chi connectivity index (χ4v) is 1.15. The highest BCUT2D eigenvalue weighted by Crippen LogP contribution is 2.26. The highest BCUT2D eigenvalue weighted by Gasteiger charge is 2.09. The number of para-hydroxylation sites is 2. The Bertz CT molecular complexity index is 304. The molecule has 0 heterocycles. The Hall–Kier alpha value is -1.32. The second-order valence-electron chi connectivity index (χ2n) is 3.33. The van der Waals surface area contributed by atoms with Gasteiger partial charge in [-0.25, -0.2) is 0 Å². The first-order chi connectivity index (χ1) is 7.13. The summed E-state index contributed by atoms with van der Waals surface area (Å²) in [7, 11) is 0. The molecular formula is C11H15F2NO. The number of nitrogens with one attached hydrogen (secondary N) is 1. The molecule has 1 aromatic carbocycles. The lowest BCUT2D eigenvalue weighted by Crippen LogP contribution is -2.15. The minimum Gasteiger partial charge on any atom is -0.433 e. The molecule has 1 atom stereocenters. The number of hydrogen-bond acceptors (Lipinski definition) is 2. The fraction of sp³-hybridized carbons (Fsp3) is 0.455. The molecule has 0 spiro atoms. The van der Waals surface area contributed by atoms with Crippen LogP contribution in [0.3, 0.4) is 0 Å². The van der Waals surface area contributed by atoms with E-state index in [1.165, 1.54) is 6.07 Å². The number of rotatable bonds is 5. The van der Waals surface area contributed by atoms with Crippen LogP contribution < -0.4 is 10.1 Å². The molecule has 84 valence electrons. The maximum Gasteiger partial charge on any atom is 0.387 e. The van der Waals surface area contributed by atoms with Crippen molar-refractivity contribution in [3.8, 4) is 5.75 Å². The van der Waals surface area contributed by atoms with Crippen molar-refractivity contribution < 1.29 is 13.5 Å². The third kappa shape index (κ3) is 3.73. The smallest absolute Gasteiger partial charge is 0.387 e. The molecule has 1 unspecified atom stereocenters. The summed E-state index contributed by atoms with van der Waals surface area (Å²) in [6, 6.07) is 6.93. The van der Waals surface area contributed by atoms with E-state index in [0.29, 0.717) is 5.69 Å². The molecule has 0 aliphatic carbocycles. The van der Waals surface area contributed by atoms with Gasteiger partial charge >= 0.3 is 6.61 Å². The Kier molecular flexibility index (Phi) is 4.34. The lowest BCUT2D eigenvalue weighted by atomic mass is 10.2. The first-order valence-electron chi connectivity index (χ1n) is 4.93. The van der Waals surface area contributed by atoms with Crippen LogP contribution in [0.4, 0.5) is 14.5 Å². The Balaban J connectivity index is 2.76. The fourth-order valence-electron chi connectivity index (χ4n) is 1.15. The van der Waals surface area contributed by atoms with Gasteiger partial charge in [0.05, 0.1) is 5.69 Å². The first kappa shape index (κ1) is 11.8. The van der Waals surface area contributed by atoms with Crippen molar-refractivity contribution in [3.05, 3.63) is 24.3 Å². The van der Waals surface area contributed by atoms with Gasteiger partial charge < -0.3 is 10.1 Å². The SMILES string of the molecule is CCC(C)Nc1ccccc1OC(F)F. The van der Waals surface area contributed by atoms with Crippen molar-refractivity contribution >= 4 is 5.69 Å². The van der Waals surface area contributed by atoms with Gasteiger partial charge in [-0.2, -0.15) is 8.78 Å². The third-order valence-electron chi connectivity index (χ3n) is 2.12. The number of halogens is 2. The molecule has 0 saturated carbocycles. The Morgan fingerprint density at radius 2 is 2.00 bits per heavy atom. The Morgan fingerprint density at radius 3 is 2.60 bits per heavy atom. The van der Waals surface area contributed by atoms with E-state index in [0.717, 1.165) is 6.42 Å². The Labute approximate surface area is 88.3 Å². The van der Waals surface area contributed by atoms with Gasteiger partial charge in [0.15, 0.2) is 0 Å². The van der Waals surface area contributed by atoms with Gasteiger partial charge in [0.1, 0.15) is 5.75 Å². The molecule has 0 radical (unpaired) electrons. The van der Waals surface area contributed by atoms with Gasteiger partial charge in [0.25, 0.3) is 0 Å². The largest absolute Gasteiger partial charge is 0.433 e. The van der Waals surface area contributed by atoms with E-state index in [-0.39, 0.29) is 11.8 Å². The molecule has 2 nitrogen and oxygen atoms in total. The highest BCUT2D eigenvalue weighted by molar-refractivity contribution is 5.56. The summed E-state index contributed by atoms with van der Waals surface area (Å²) in [6.07, 6.45) is 0.920. The summed E-state index contributed by atoms with van der Waals surface area (Å²) in [5.41, 5.74) is 0.604. The van der Waals surface area contributed by atoms with E-state index >= 15 is 0 Å². The predicted molar refractivity (Wildman–Crippen MR) is 56.4 cm³/mol. The van der Waals surface area contributed by atoms with E-state index < -0.39 is 6.61 Å². The van der Waals surface area contributed by atoms with Crippen LogP contribution >= 0.6 is 0 Å². The summed E-state index contributed by atoms with van der Waals surface area (Å²) in [5, 5.41) is 3.11. The zero-order valence-corrected chi connectivity index (χ0v) is 8.84. The summed E-state index contributed by atoms with van der Waals surface area (Å²) in [4.78, 5) is 0. The quantitative estimate of drug-likeness (QED) is 0.811. The molecule has 1 N–H and O–H groups in total. The van der Waals surface area contributed by atoms with Gasteiger partial charge in [-0.3, -0.25) is 0 Å². The molecule has 0 aliphatic rings. The van der Waals surface area contributed by atoms with Gasteiger partial charge in [-0.05, 0) is 25.5 Å². The minimum atomic E-state index is -2.79. The summed E-state index contributed by atoms with van der Waals surface area (Å²) in [6.45, 7) is 1.22. The number of alkyl halides is 2. The van der Waals surface area contributed by atoms with Crippen molar-refractivity contribution in [2.75, 3.05) is 5.32 Å². The second kappa shape index (κ2) is 5.53. The molecule has 0 saturated heterocycles. The van der Waals surface area contributed by atoms with Crippen molar-refractivity contribution in [1.29, 1.82) is 0 Å². The first-order valence-corrected chi connectivity index (χ1v) is 4.93. The number of ether oxygens (including phenoxy) is 1. The summed E-state index contributed by atoms with van der Waals surface area (Å²) >= 11 is 0. The van der Waals surface area contributed by atoms with Crippen LogP contribution in [0.25, 0.3) is 0 Å². The molecule has 0 fully saturated rings. The van der Waals surface area contributed by atoms with Crippen molar-refractivity contribution in [3.63, 3.8) is 0 Å². The van der Waals surface area contributed by atoms with Crippen LogP contribution in [-0.2, 0) is 0 Å². The molecule has 0 aromatic heterocycles. The topological polar surface area (TPSA) is 21.3 Å². The molecule has 0 bridgehead atoms. The van der Waals surface area contributed by atoms with E-state index in [2.05, 4.69) is 10.1 Å². The summed E-state index contributed by atoms with van der Waals surface area (Å²) < 4.78 is 28.5. The predicted octanol–water partition coefficient (Wildman–Crippen LogP) is 3.50. The van der Waals surface area contributed by atoms with Crippen LogP contribution in [-0.4, -0.2) is 12.7 Å². The molecule has 1 aromatic rings. The van der Waals surface area contributed by atoms with E-state index in [9.17, 15) is 8.78 Å². The van der Waals surface area contributed by atoms with Crippen molar-refractivity contribution in [1.82, 2.24) is 0 Å². The number of hydrogen-bond donors (Lipinski definition) is 1. The van der Waals surface area contributed by atoms with E-state index in [1.54, 1.807) is 18.2 Å². The van der Waals surface area contributed by atoms with Gasteiger partial charge in [-0.1, -0.05) is 19.1 Å². The van der Waals surface area contributed by atoms with Gasteiger partial charge in [0.2, 0.25) is 0 Å². The maximum absolute atomic E-state index is 12.1. The maximum atomic E-state index is 12.1. The van der Waals surface area contributed by atoms with Crippen LogP contribution in [0.2, 0.25) is 0 Å². The van der Waals surface area contributed by atoms with Crippen molar-refractivity contribution in [2.45, 2.75) is 32.9 Å². The third-order valence-corrected chi connectivity index (χ3v) is 2.12. The highest BCUT2D eigenvalue weighted by atomic mass is 19.3. The van der Waals surface area contributed by atoms with Crippen LogP contribution in [0.5, 0.6) is 5.75 Å². The lowest BCUT2D eigenvalue weighted by molar-refractivity contribution is -0.0493. The molecule has 0 aliphatic heterocycles. The molecule has 15 heavy (non-hydrogen) atoms. The van der Waals surface area contributed by atoms with Gasteiger partial charge in [0, 0.05) is 6.04 Å². The van der Waals surface area contributed by atoms with Crippen LogP contribution in [0.15, 0.2) is 24.3 Å². The average Bonchev–Trinajstić information content (AvgIpc) is 2.20. The van der Waals surface area contributed by atoms with Crippen LogP contribution in [0.1, 0.15) is 20.3 Å². The van der Waals surface area contributed by atoms with E-state index in [4.69, 9.17) is 0 Å². The normalized spacial score (nSPS) is 12.6. The molecule has 1 rings (SSSR count). The van der Waals surface area contributed by atoms with E-state index in [1.807, 2.05) is 13.8 Å².